The van der Waals surface area contributed by atoms with Gasteiger partial charge >= 0.3 is 0 Å². The third-order valence-electron chi connectivity index (χ3n) is 4.55. The summed E-state index contributed by atoms with van der Waals surface area (Å²) in [5.41, 5.74) is 5.83. The normalized spacial score (nSPS) is 10.8. The van der Waals surface area contributed by atoms with Crippen LogP contribution in [-0.2, 0) is 6.61 Å². The fourth-order valence-corrected chi connectivity index (χ4v) is 3.21. The maximum atomic E-state index is 14.4. The second-order valence-corrected chi connectivity index (χ2v) is 7.17. The van der Waals surface area contributed by atoms with Crippen molar-refractivity contribution in [3.8, 4) is 34.1 Å². The van der Waals surface area contributed by atoms with Crippen LogP contribution in [0.1, 0.15) is 16.2 Å². The van der Waals surface area contributed by atoms with E-state index in [2.05, 4.69) is 4.98 Å². The number of aromatic nitrogens is 1. The third kappa shape index (κ3) is 4.26. The van der Waals surface area contributed by atoms with Crippen molar-refractivity contribution < 1.29 is 27.8 Å². The van der Waals surface area contributed by atoms with Crippen LogP contribution in [0.3, 0.4) is 0 Å². The minimum Gasteiger partial charge on any atom is -0.508 e. The Hall–Kier alpha value is -3.91. The van der Waals surface area contributed by atoms with Gasteiger partial charge in [0.2, 0.25) is 5.89 Å². The SMILES string of the molecule is NC(=O)c1c(F)ccc(OCc2nc(-c3ccc(Cl)cc3)c(-c3cccc(O)c3)o2)c1F. The molecule has 3 N–H and O–H groups in total. The van der Waals surface area contributed by atoms with Crippen LogP contribution in [0.15, 0.2) is 65.1 Å². The smallest absolute Gasteiger partial charge is 0.254 e. The van der Waals surface area contributed by atoms with E-state index in [-0.39, 0.29) is 24.0 Å². The van der Waals surface area contributed by atoms with Crippen LogP contribution in [-0.4, -0.2) is 16.0 Å². The maximum Gasteiger partial charge on any atom is 0.254 e. The van der Waals surface area contributed by atoms with E-state index in [1.165, 1.54) is 12.1 Å². The standard InChI is InChI=1S/C23H15ClF2N2O4/c24-14-6-4-12(5-7-14)21-22(13-2-1-3-15(29)10-13)32-18(28-21)11-31-17-9-8-16(25)19(20(17)26)23(27)30/h1-10,29H,11H2,(H2,27,30). The number of phenolic OH excluding ortho intramolecular Hbond substituents is 1. The van der Waals surface area contributed by atoms with Crippen LogP contribution in [0.5, 0.6) is 11.5 Å². The van der Waals surface area contributed by atoms with Crippen molar-refractivity contribution in [2.24, 2.45) is 5.73 Å². The molecule has 0 unspecified atom stereocenters. The number of oxazole rings is 1. The Morgan fingerprint density at radius 1 is 1.09 bits per heavy atom. The number of benzene rings is 3. The number of nitrogens with zero attached hydrogens (tertiary/aromatic N) is 1. The Bertz CT molecular complexity index is 1310. The molecule has 1 aromatic heterocycles. The zero-order chi connectivity index (χ0) is 22.8. The van der Waals surface area contributed by atoms with Gasteiger partial charge in [-0.1, -0.05) is 35.9 Å². The van der Waals surface area contributed by atoms with E-state index < -0.39 is 23.1 Å². The lowest BCUT2D eigenvalue weighted by Crippen LogP contribution is -2.16. The molecular weight excluding hydrogens is 442 g/mol. The van der Waals surface area contributed by atoms with E-state index >= 15 is 0 Å². The summed E-state index contributed by atoms with van der Waals surface area (Å²) in [6.07, 6.45) is 0. The number of carbonyl (C=O) groups excluding carboxylic acids is 1. The van der Waals surface area contributed by atoms with Gasteiger partial charge < -0.3 is 20.0 Å². The Balaban J connectivity index is 1.70. The molecule has 0 aliphatic carbocycles. The number of hydrogen-bond donors (Lipinski definition) is 2. The molecule has 0 atom stereocenters. The van der Waals surface area contributed by atoms with Gasteiger partial charge in [0.15, 0.2) is 23.9 Å². The number of phenols is 1. The van der Waals surface area contributed by atoms with Gasteiger partial charge in [-0.05, 0) is 36.4 Å². The molecule has 0 saturated heterocycles. The number of hydrogen-bond acceptors (Lipinski definition) is 5. The van der Waals surface area contributed by atoms with Crippen molar-refractivity contribution in [2.75, 3.05) is 0 Å². The van der Waals surface area contributed by atoms with Gasteiger partial charge in [0, 0.05) is 16.1 Å². The number of nitrogens with two attached hydrogens (primary N) is 1. The van der Waals surface area contributed by atoms with E-state index in [1.807, 2.05) is 0 Å². The van der Waals surface area contributed by atoms with Crippen molar-refractivity contribution in [1.82, 2.24) is 4.98 Å². The lowest BCUT2D eigenvalue weighted by Gasteiger charge is -2.08. The van der Waals surface area contributed by atoms with Crippen molar-refractivity contribution in [3.63, 3.8) is 0 Å². The van der Waals surface area contributed by atoms with Crippen molar-refractivity contribution in [3.05, 3.63) is 88.8 Å². The average molecular weight is 457 g/mol. The van der Waals surface area contributed by atoms with Crippen LogP contribution >= 0.6 is 11.6 Å². The highest BCUT2D eigenvalue weighted by Crippen LogP contribution is 2.35. The number of ether oxygens (including phenoxy) is 1. The summed E-state index contributed by atoms with van der Waals surface area (Å²) < 4.78 is 39.3. The van der Waals surface area contributed by atoms with E-state index in [0.29, 0.717) is 27.6 Å². The van der Waals surface area contributed by atoms with Gasteiger partial charge in [-0.15, -0.1) is 0 Å². The Morgan fingerprint density at radius 2 is 1.84 bits per heavy atom. The molecule has 4 rings (SSSR count). The van der Waals surface area contributed by atoms with Gasteiger partial charge in [-0.3, -0.25) is 4.79 Å². The fraction of sp³-hybridized carbons (Fsp3) is 0.0435. The molecule has 0 spiro atoms. The minimum atomic E-state index is -1.25. The summed E-state index contributed by atoms with van der Waals surface area (Å²) in [5, 5.41) is 10.4. The van der Waals surface area contributed by atoms with Gasteiger partial charge in [0.05, 0.1) is 0 Å². The zero-order valence-corrected chi connectivity index (χ0v) is 17.1. The molecule has 0 aliphatic rings. The second-order valence-electron chi connectivity index (χ2n) is 6.73. The highest BCUT2D eigenvalue weighted by atomic mass is 35.5. The summed E-state index contributed by atoms with van der Waals surface area (Å²) in [5.74, 6) is -3.48. The highest BCUT2D eigenvalue weighted by Gasteiger charge is 2.21. The van der Waals surface area contributed by atoms with Gasteiger partial charge in [-0.2, -0.15) is 0 Å². The number of amides is 1. The first-order valence-electron chi connectivity index (χ1n) is 9.29. The van der Waals surface area contributed by atoms with Crippen molar-refractivity contribution in [1.29, 1.82) is 0 Å². The summed E-state index contributed by atoms with van der Waals surface area (Å²) in [6, 6.07) is 15.2. The molecule has 0 bridgehead atoms. The molecule has 1 heterocycles. The van der Waals surface area contributed by atoms with Crippen molar-refractivity contribution in [2.45, 2.75) is 6.61 Å². The first kappa shape index (κ1) is 21.3. The first-order valence-corrected chi connectivity index (χ1v) is 9.67. The molecular formula is C23H15ClF2N2O4. The molecule has 9 heteroatoms. The van der Waals surface area contributed by atoms with E-state index in [9.17, 15) is 18.7 Å². The van der Waals surface area contributed by atoms with E-state index in [1.54, 1.807) is 36.4 Å². The number of aromatic hydroxyl groups is 1. The van der Waals surface area contributed by atoms with E-state index in [4.69, 9.17) is 26.5 Å². The molecule has 32 heavy (non-hydrogen) atoms. The topological polar surface area (TPSA) is 98.6 Å². The monoisotopic (exact) mass is 456 g/mol. The third-order valence-corrected chi connectivity index (χ3v) is 4.80. The number of rotatable bonds is 6. The molecule has 0 radical (unpaired) electrons. The Morgan fingerprint density at radius 3 is 2.53 bits per heavy atom. The van der Waals surface area contributed by atoms with Crippen LogP contribution in [0, 0.1) is 11.6 Å². The number of carbonyl (C=O) groups is 1. The molecule has 6 nitrogen and oxygen atoms in total. The van der Waals surface area contributed by atoms with Crippen molar-refractivity contribution >= 4 is 17.5 Å². The van der Waals surface area contributed by atoms with Gasteiger partial charge in [0.1, 0.15) is 22.8 Å². The Labute approximate surface area is 185 Å². The van der Waals surface area contributed by atoms with Crippen LogP contribution in [0.4, 0.5) is 8.78 Å². The number of halogens is 3. The van der Waals surface area contributed by atoms with Gasteiger partial charge in [0.25, 0.3) is 5.91 Å². The number of primary amides is 1. The lowest BCUT2D eigenvalue weighted by molar-refractivity contribution is 0.0991. The van der Waals surface area contributed by atoms with Crippen LogP contribution in [0.25, 0.3) is 22.6 Å². The summed E-state index contributed by atoms with van der Waals surface area (Å²) in [6.45, 7) is -0.319. The average Bonchev–Trinajstić information content (AvgIpc) is 3.18. The molecule has 1 amide bonds. The fourth-order valence-electron chi connectivity index (χ4n) is 3.08. The molecule has 162 valence electrons. The summed E-state index contributed by atoms with van der Waals surface area (Å²) in [4.78, 5) is 15.7. The quantitative estimate of drug-likeness (QED) is 0.409. The first-order chi connectivity index (χ1) is 15.3. The van der Waals surface area contributed by atoms with Crippen LogP contribution < -0.4 is 10.5 Å². The second kappa shape index (κ2) is 8.68. The highest BCUT2D eigenvalue weighted by molar-refractivity contribution is 6.30. The summed E-state index contributed by atoms with van der Waals surface area (Å²) >= 11 is 5.97. The Kier molecular flexibility index (Phi) is 5.79. The molecule has 4 aromatic rings. The zero-order valence-electron chi connectivity index (χ0n) is 16.3. The van der Waals surface area contributed by atoms with Crippen LogP contribution in [0.2, 0.25) is 5.02 Å². The molecule has 0 aliphatic heterocycles. The lowest BCUT2D eigenvalue weighted by atomic mass is 10.1. The molecule has 0 fully saturated rings. The van der Waals surface area contributed by atoms with E-state index in [0.717, 1.165) is 12.1 Å². The minimum absolute atomic E-state index is 0.0334. The maximum absolute atomic E-state index is 14.4. The van der Waals surface area contributed by atoms with Gasteiger partial charge in [-0.25, -0.2) is 13.8 Å². The predicted molar refractivity (Wildman–Crippen MR) is 113 cm³/mol. The predicted octanol–water partition coefficient (Wildman–Crippen LogP) is 5.32. The molecule has 0 saturated carbocycles. The largest absolute Gasteiger partial charge is 0.508 e. The molecule has 3 aromatic carbocycles. The summed E-state index contributed by atoms with van der Waals surface area (Å²) in [7, 11) is 0.